The lowest BCUT2D eigenvalue weighted by Gasteiger charge is -2.03. The van der Waals surface area contributed by atoms with E-state index in [-0.39, 0.29) is 0 Å². The van der Waals surface area contributed by atoms with Crippen molar-refractivity contribution < 1.29 is 4.74 Å². The third kappa shape index (κ3) is 3.07. The molecule has 100 valence electrons. The van der Waals surface area contributed by atoms with Crippen LogP contribution in [-0.2, 0) is 11.2 Å². The van der Waals surface area contributed by atoms with Crippen molar-refractivity contribution in [2.24, 2.45) is 5.92 Å². The topological polar surface area (TPSA) is 22.1 Å². The monoisotopic (exact) mass is 337 g/mol. The number of rotatable bonds is 3. The first-order valence-corrected chi connectivity index (χ1v) is 8.13. The van der Waals surface area contributed by atoms with E-state index < -0.39 is 0 Å². The number of aromatic nitrogens is 1. The Kier molecular flexibility index (Phi) is 4.01. The van der Waals surface area contributed by atoms with Crippen molar-refractivity contribution in [2.75, 3.05) is 13.2 Å². The molecular weight excluding hydrogens is 322 g/mol. The van der Waals surface area contributed by atoms with E-state index in [2.05, 4.69) is 47.1 Å². The molecule has 1 aromatic carbocycles. The average molecular weight is 338 g/mol. The summed E-state index contributed by atoms with van der Waals surface area (Å²) in [6.45, 7) is 3.96. The molecule has 2 nitrogen and oxygen atoms in total. The van der Waals surface area contributed by atoms with Gasteiger partial charge in [0, 0.05) is 34.5 Å². The van der Waals surface area contributed by atoms with Gasteiger partial charge in [-0.15, -0.1) is 11.3 Å². The maximum Gasteiger partial charge on any atom is 0.0939 e. The van der Waals surface area contributed by atoms with E-state index >= 15 is 0 Å². The standard InChI is InChI=1S/C15H16BrNOS/c1-10-15(12-2-4-13(16)5-3-12)17-14(19-10)8-11-6-7-18-9-11/h2-5,11H,6-9H2,1H3. The zero-order valence-electron chi connectivity index (χ0n) is 10.9. The number of hydrogen-bond donors (Lipinski definition) is 0. The highest BCUT2D eigenvalue weighted by molar-refractivity contribution is 9.10. The molecule has 0 bridgehead atoms. The highest BCUT2D eigenvalue weighted by atomic mass is 79.9. The number of halogens is 1. The second kappa shape index (κ2) is 5.73. The zero-order valence-corrected chi connectivity index (χ0v) is 13.3. The Balaban J connectivity index is 1.82. The molecule has 4 heteroatoms. The molecule has 2 heterocycles. The minimum absolute atomic E-state index is 0.656. The summed E-state index contributed by atoms with van der Waals surface area (Å²) in [4.78, 5) is 6.12. The van der Waals surface area contributed by atoms with E-state index in [0.29, 0.717) is 5.92 Å². The molecule has 0 radical (unpaired) electrons. The number of nitrogens with zero attached hydrogens (tertiary/aromatic N) is 1. The van der Waals surface area contributed by atoms with E-state index in [1.54, 1.807) is 0 Å². The summed E-state index contributed by atoms with van der Waals surface area (Å²) in [5, 5.41) is 1.24. The molecule has 0 aliphatic carbocycles. The molecule has 0 N–H and O–H groups in total. The van der Waals surface area contributed by atoms with Gasteiger partial charge in [-0.05, 0) is 31.4 Å². The van der Waals surface area contributed by atoms with Gasteiger partial charge in [-0.25, -0.2) is 4.98 Å². The summed E-state index contributed by atoms with van der Waals surface area (Å²) < 4.78 is 6.54. The van der Waals surface area contributed by atoms with E-state index in [1.807, 2.05) is 11.3 Å². The van der Waals surface area contributed by atoms with Gasteiger partial charge in [-0.2, -0.15) is 0 Å². The van der Waals surface area contributed by atoms with Crippen LogP contribution in [0, 0.1) is 12.8 Å². The van der Waals surface area contributed by atoms with Gasteiger partial charge in [0.15, 0.2) is 0 Å². The predicted octanol–water partition coefficient (Wildman–Crippen LogP) is 4.46. The summed E-state index contributed by atoms with van der Waals surface area (Å²) >= 11 is 5.29. The average Bonchev–Trinajstić information content (AvgIpc) is 3.01. The minimum Gasteiger partial charge on any atom is -0.381 e. The van der Waals surface area contributed by atoms with Crippen molar-refractivity contribution in [1.29, 1.82) is 0 Å². The van der Waals surface area contributed by atoms with Crippen LogP contribution in [0.2, 0.25) is 0 Å². The first-order chi connectivity index (χ1) is 9.22. The van der Waals surface area contributed by atoms with Crippen molar-refractivity contribution in [3.8, 4) is 11.3 Å². The number of aryl methyl sites for hydroxylation is 1. The third-order valence-electron chi connectivity index (χ3n) is 3.45. The first-order valence-electron chi connectivity index (χ1n) is 6.52. The fraction of sp³-hybridized carbons (Fsp3) is 0.400. The molecule has 2 aromatic rings. The number of thiazole rings is 1. The van der Waals surface area contributed by atoms with Crippen molar-refractivity contribution >= 4 is 27.3 Å². The fourth-order valence-corrected chi connectivity index (χ4v) is 3.74. The fourth-order valence-electron chi connectivity index (χ4n) is 2.41. The van der Waals surface area contributed by atoms with Crippen LogP contribution in [0.1, 0.15) is 16.3 Å². The number of hydrogen-bond acceptors (Lipinski definition) is 3. The van der Waals surface area contributed by atoms with Crippen LogP contribution in [0.5, 0.6) is 0 Å². The lowest BCUT2D eigenvalue weighted by atomic mass is 10.1. The van der Waals surface area contributed by atoms with Gasteiger partial charge in [0.2, 0.25) is 0 Å². The van der Waals surface area contributed by atoms with Crippen LogP contribution in [0.3, 0.4) is 0 Å². The molecule has 1 aliphatic rings. The summed E-state index contributed by atoms with van der Waals surface area (Å²) in [7, 11) is 0. The van der Waals surface area contributed by atoms with Crippen LogP contribution >= 0.6 is 27.3 Å². The Morgan fingerprint density at radius 1 is 1.37 bits per heavy atom. The molecule has 0 amide bonds. The van der Waals surface area contributed by atoms with Crippen molar-refractivity contribution in [2.45, 2.75) is 19.8 Å². The first kappa shape index (κ1) is 13.3. The van der Waals surface area contributed by atoms with Crippen molar-refractivity contribution in [3.05, 3.63) is 38.6 Å². The van der Waals surface area contributed by atoms with Gasteiger partial charge < -0.3 is 4.74 Å². The maximum absolute atomic E-state index is 5.44. The molecule has 19 heavy (non-hydrogen) atoms. The van der Waals surface area contributed by atoms with Crippen LogP contribution in [0.15, 0.2) is 28.7 Å². The largest absolute Gasteiger partial charge is 0.381 e. The van der Waals surface area contributed by atoms with Crippen LogP contribution < -0.4 is 0 Å². The van der Waals surface area contributed by atoms with Gasteiger partial charge in [0.25, 0.3) is 0 Å². The van der Waals surface area contributed by atoms with Crippen LogP contribution in [0.4, 0.5) is 0 Å². The van der Waals surface area contributed by atoms with Crippen LogP contribution in [0.25, 0.3) is 11.3 Å². The molecule has 1 fully saturated rings. The van der Waals surface area contributed by atoms with E-state index in [4.69, 9.17) is 9.72 Å². The molecular formula is C15H16BrNOS. The number of benzene rings is 1. The van der Waals surface area contributed by atoms with E-state index in [9.17, 15) is 0 Å². The lowest BCUT2D eigenvalue weighted by Crippen LogP contribution is -2.02. The third-order valence-corrected chi connectivity index (χ3v) is 4.97. The second-order valence-corrected chi connectivity index (χ2v) is 7.16. The highest BCUT2D eigenvalue weighted by Gasteiger charge is 2.19. The lowest BCUT2D eigenvalue weighted by molar-refractivity contribution is 0.186. The van der Waals surface area contributed by atoms with E-state index in [0.717, 1.165) is 29.8 Å². The minimum atomic E-state index is 0.656. The Labute approximate surface area is 126 Å². The molecule has 1 aromatic heterocycles. The molecule has 0 saturated carbocycles. The van der Waals surface area contributed by atoms with Gasteiger partial charge >= 0.3 is 0 Å². The summed E-state index contributed by atoms with van der Waals surface area (Å²) in [5.74, 6) is 0.656. The molecule has 1 saturated heterocycles. The highest BCUT2D eigenvalue weighted by Crippen LogP contribution is 2.30. The molecule has 1 atom stereocenters. The Morgan fingerprint density at radius 3 is 2.84 bits per heavy atom. The Hall–Kier alpha value is -0.710. The van der Waals surface area contributed by atoms with Gasteiger partial charge in [-0.1, -0.05) is 28.1 Å². The number of ether oxygens (including phenoxy) is 1. The SMILES string of the molecule is Cc1sc(CC2CCOC2)nc1-c1ccc(Br)cc1. The van der Waals surface area contributed by atoms with Gasteiger partial charge in [-0.3, -0.25) is 0 Å². The Morgan fingerprint density at radius 2 is 2.16 bits per heavy atom. The van der Waals surface area contributed by atoms with Gasteiger partial charge in [0.1, 0.15) is 0 Å². The molecule has 1 unspecified atom stereocenters. The predicted molar refractivity (Wildman–Crippen MR) is 82.6 cm³/mol. The Bertz CT molecular complexity index is 558. The van der Waals surface area contributed by atoms with Crippen molar-refractivity contribution in [3.63, 3.8) is 0 Å². The maximum atomic E-state index is 5.44. The molecule has 3 rings (SSSR count). The summed E-state index contributed by atoms with van der Waals surface area (Å²) in [6.07, 6.45) is 2.23. The normalized spacial score (nSPS) is 18.9. The quantitative estimate of drug-likeness (QED) is 0.824. The molecule has 1 aliphatic heterocycles. The van der Waals surface area contributed by atoms with E-state index in [1.165, 1.54) is 21.9 Å². The van der Waals surface area contributed by atoms with Crippen LogP contribution in [-0.4, -0.2) is 18.2 Å². The second-order valence-electron chi connectivity index (χ2n) is 4.95. The zero-order chi connectivity index (χ0) is 13.2. The molecule has 0 spiro atoms. The smallest absolute Gasteiger partial charge is 0.0939 e. The summed E-state index contributed by atoms with van der Waals surface area (Å²) in [6, 6.07) is 8.38. The summed E-state index contributed by atoms with van der Waals surface area (Å²) in [5.41, 5.74) is 2.33. The van der Waals surface area contributed by atoms with Crippen molar-refractivity contribution in [1.82, 2.24) is 4.98 Å². The van der Waals surface area contributed by atoms with Gasteiger partial charge in [0.05, 0.1) is 10.7 Å².